The van der Waals surface area contributed by atoms with Crippen LogP contribution in [0.3, 0.4) is 0 Å². The quantitative estimate of drug-likeness (QED) is 0.290. The van der Waals surface area contributed by atoms with Crippen molar-refractivity contribution in [2.75, 3.05) is 13.7 Å². The van der Waals surface area contributed by atoms with E-state index in [9.17, 15) is 9.59 Å². The summed E-state index contributed by atoms with van der Waals surface area (Å²) in [4.78, 5) is 30.0. The Morgan fingerprint density at radius 3 is 2.90 bits per heavy atom. The van der Waals surface area contributed by atoms with Crippen LogP contribution in [0.1, 0.15) is 28.8 Å². The molecule has 1 fully saturated rings. The largest absolute Gasteiger partial charge is 0.465 e. The predicted molar refractivity (Wildman–Crippen MR) is 120 cm³/mol. The van der Waals surface area contributed by atoms with Crippen molar-refractivity contribution in [2.24, 2.45) is 0 Å². The minimum Gasteiger partial charge on any atom is -0.465 e. The number of hydrogen-bond donors (Lipinski definition) is 0. The first-order chi connectivity index (χ1) is 14.6. The molecule has 0 saturated carbocycles. The van der Waals surface area contributed by atoms with Crippen molar-refractivity contribution >= 4 is 44.6 Å². The van der Waals surface area contributed by atoms with Gasteiger partial charge in [0.25, 0.3) is 5.56 Å². The average Bonchev–Trinajstić information content (AvgIpc) is 3.28. The summed E-state index contributed by atoms with van der Waals surface area (Å²) in [5.41, 5.74) is 1.85. The SMILES string of the molecule is COC(=O)c1ccc2c(=O)n(CC3CCCO3)c(SCc3ccccc3Br)nc2c1. The predicted octanol–water partition coefficient (Wildman–Crippen LogP) is 4.42. The third kappa shape index (κ3) is 4.45. The van der Waals surface area contributed by atoms with E-state index in [0.717, 1.165) is 29.5 Å². The highest BCUT2D eigenvalue weighted by Crippen LogP contribution is 2.27. The van der Waals surface area contributed by atoms with Gasteiger partial charge in [0.15, 0.2) is 5.16 Å². The van der Waals surface area contributed by atoms with Crippen LogP contribution in [-0.2, 0) is 21.8 Å². The number of thioether (sulfide) groups is 1. The number of nitrogens with zero attached hydrogens (tertiary/aromatic N) is 2. The van der Waals surface area contributed by atoms with Crippen LogP contribution >= 0.6 is 27.7 Å². The van der Waals surface area contributed by atoms with Crippen LogP contribution in [0.5, 0.6) is 0 Å². The van der Waals surface area contributed by atoms with E-state index in [1.54, 1.807) is 22.8 Å². The van der Waals surface area contributed by atoms with E-state index in [1.165, 1.54) is 18.9 Å². The van der Waals surface area contributed by atoms with Crippen molar-refractivity contribution in [1.29, 1.82) is 0 Å². The van der Waals surface area contributed by atoms with Crippen LogP contribution in [0.15, 0.2) is 56.9 Å². The van der Waals surface area contributed by atoms with E-state index in [-0.39, 0.29) is 11.7 Å². The zero-order valence-electron chi connectivity index (χ0n) is 16.5. The van der Waals surface area contributed by atoms with E-state index in [1.807, 2.05) is 24.3 Å². The first kappa shape index (κ1) is 21.1. The summed E-state index contributed by atoms with van der Waals surface area (Å²) in [5, 5.41) is 1.09. The molecule has 2 heterocycles. The summed E-state index contributed by atoms with van der Waals surface area (Å²) in [6.45, 7) is 1.20. The van der Waals surface area contributed by atoms with Crippen molar-refractivity contribution in [3.63, 3.8) is 0 Å². The van der Waals surface area contributed by atoms with Crippen molar-refractivity contribution in [2.45, 2.75) is 36.4 Å². The molecule has 156 valence electrons. The number of rotatable bonds is 6. The zero-order chi connectivity index (χ0) is 21.1. The number of aromatic nitrogens is 2. The highest BCUT2D eigenvalue weighted by molar-refractivity contribution is 9.10. The number of hydrogen-bond acceptors (Lipinski definition) is 6. The third-order valence-electron chi connectivity index (χ3n) is 5.07. The fourth-order valence-electron chi connectivity index (χ4n) is 3.47. The van der Waals surface area contributed by atoms with Gasteiger partial charge < -0.3 is 9.47 Å². The molecule has 8 heteroatoms. The highest BCUT2D eigenvalue weighted by Gasteiger charge is 2.21. The lowest BCUT2D eigenvalue weighted by Crippen LogP contribution is -2.29. The summed E-state index contributed by atoms with van der Waals surface area (Å²) in [6.07, 6.45) is 1.95. The Balaban J connectivity index is 1.75. The Bertz CT molecular complexity index is 1140. The number of carbonyl (C=O) groups excluding carboxylic acids is 1. The third-order valence-corrected chi connectivity index (χ3v) is 6.87. The smallest absolute Gasteiger partial charge is 0.337 e. The summed E-state index contributed by atoms with van der Waals surface area (Å²) in [6, 6.07) is 12.8. The maximum absolute atomic E-state index is 13.3. The van der Waals surface area contributed by atoms with Crippen LogP contribution in [0.2, 0.25) is 0 Å². The van der Waals surface area contributed by atoms with Gasteiger partial charge in [0.1, 0.15) is 0 Å². The van der Waals surface area contributed by atoms with Crippen LogP contribution in [0, 0.1) is 0 Å². The zero-order valence-corrected chi connectivity index (χ0v) is 18.9. The van der Waals surface area contributed by atoms with Gasteiger partial charge in [0.2, 0.25) is 0 Å². The molecule has 1 aliphatic rings. The summed E-state index contributed by atoms with van der Waals surface area (Å²) < 4.78 is 13.3. The number of ether oxygens (including phenoxy) is 2. The van der Waals surface area contributed by atoms with E-state index in [4.69, 9.17) is 14.5 Å². The lowest BCUT2D eigenvalue weighted by Gasteiger charge is -2.17. The number of carbonyl (C=O) groups is 1. The van der Waals surface area contributed by atoms with Crippen LogP contribution in [-0.4, -0.2) is 35.3 Å². The molecular weight excluding hydrogens is 468 g/mol. The summed E-state index contributed by atoms with van der Waals surface area (Å²) in [7, 11) is 1.33. The fourth-order valence-corrected chi connectivity index (χ4v) is 5.09. The normalized spacial score (nSPS) is 16.1. The number of fused-ring (bicyclic) bond motifs is 1. The minimum atomic E-state index is -0.454. The summed E-state index contributed by atoms with van der Waals surface area (Å²) in [5.74, 6) is 0.200. The monoisotopic (exact) mass is 488 g/mol. The van der Waals surface area contributed by atoms with Gasteiger partial charge in [-0.15, -0.1) is 0 Å². The van der Waals surface area contributed by atoms with Gasteiger partial charge in [-0.2, -0.15) is 0 Å². The van der Waals surface area contributed by atoms with Crippen LogP contribution in [0.4, 0.5) is 0 Å². The molecular formula is C22H21BrN2O4S. The van der Waals surface area contributed by atoms with E-state index in [2.05, 4.69) is 15.9 Å². The Labute approximate surface area is 186 Å². The average molecular weight is 489 g/mol. The molecule has 3 aromatic rings. The molecule has 0 N–H and O–H groups in total. The first-order valence-electron chi connectivity index (χ1n) is 9.67. The van der Waals surface area contributed by atoms with Gasteiger partial charge in [-0.05, 0) is 42.7 Å². The Morgan fingerprint density at radius 1 is 1.33 bits per heavy atom. The van der Waals surface area contributed by atoms with Crippen molar-refractivity contribution in [1.82, 2.24) is 9.55 Å². The number of halogens is 1. The molecule has 0 spiro atoms. The topological polar surface area (TPSA) is 70.4 Å². The summed E-state index contributed by atoms with van der Waals surface area (Å²) >= 11 is 5.07. The molecule has 0 amide bonds. The molecule has 30 heavy (non-hydrogen) atoms. The second-order valence-corrected chi connectivity index (χ2v) is 8.85. The van der Waals surface area contributed by atoms with E-state index >= 15 is 0 Å². The molecule has 6 nitrogen and oxygen atoms in total. The van der Waals surface area contributed by atoms with Crippen molar-refractivity contribution in [3.8, 4) is 0 Å². The lowest BCUT2D eigenvalue weighted by molar-refractivity contribution is 0.0601. The molecule has 0 aliphatic carbocycles. The van der Waals surface area contributed by atoms with Gasteiger partial charge in [-0.25, -0.2) is 9.78 Å². The second-order valence-electron chi connectivity index (χ2n) is 7.05. The second kappa shape index (κ2) is 9.32. The van der Waals surface area contributed by atoms with Crippen LogP contribution in [0.25, 0.3) is 10.9 Å². The van der Waals surface area contributed by atoms with Gasteiger partial charge in [-0.3, -0.25) is 9.36 Å². The van der Waals surface area contributed by atoms with Gasteiger partial charge >= 0.3 is 5.97 Å². The standard InChI is InChI=1S/C22H21BrN2O4S/c1-28-21(27)14-8-9-17-19(11-14)24-22(30-13-15-5-2-3-7-18(15)23)25(20(17)26)12-16-6-4-10-29-16/h2-3,5,7-9,11,16H,4,6,10,12-13H2,1H3. The van der Waals surface area contributed by atoms with Gasteiger partial charge in [0, 0.05) is 16.8 Å². The lowest BCUT2D eigenvalue weighted by atomic mass is 10.1. The molecule has 1 aromatic heterocycles. The van der Waals surface area contributed by atoms with E-state index < -0.39 is 5.97 Å². The Kier molecular flexibility index (Phi) is 6.55. The van der Waals surface area contributed by atoms with Gasteiger partial charge in [-0.1, -0.05) is 45.9 Å². The molecule has 1 atom stereocenters. The number of benzene rings is 2. The Morgan fingerprint density at radius 2 is 2.17 bits per heavy atom. The molecule has 4 rings (SSSR count). The van der Waals surface area contributed by atoms with Gasteiger partial charge in [0.05, 0.1) is 36.2 Å². The minimum absolute atomic E-state index is 0.0131. The van der Waals surface area contributed by atoms with E-state index in [0.29, 0.717) is 33.9 Å². The molecule has 1 saturated heterocycles. The first-order valence-corrected chi connectivity index (χ1v) is 11.5. The van der Waals surface area contributed by atoms with Crippen molar-refractivity contribution in [3.05, 3.63) is 68.4 Å². The maximum Gasteiger partial charge on any atom is 0.337 e. The molecule has 0 radical (unpaired) electrons. The molecule has 1 aliphatic heterocycles. The maximum atomic E-state index is 13.3. The molecule has 0 bridgehead atoms. The molecule has 1 unspecified atom stereocenters. The molecule has 2 aromatic carbocycles. The number of methoxy groups -OCH3 is 1. The fraction of sp³-hybridized carbons (Fsp3) is 0.318. The van der Waals surface area contributed by atoms with Crippen LogP contribution < -0.4 is 5.56 Å². The Hall–Kier alpha value is -2.16. The highest BCUT2D eigenvalue weighted by atomic mass is 79.9. The number of esters is 1. The van der Waals surface area contributed by atoms with Crippen molar-refractivity contribution < 1.29 is 14.3 Å².